The lowest BCUT2D eigenvalue weighted by molar-refractivity contribution is 0.0780. The number of H-pyrrole nitrogens is 1. The van der Waals surface area contributed by atoms with Gasteiger partial charge >= 0.3 is 0 Å². The summed E-state index contributed by atoms with van der Waals surface area (Å²) in [4.78, 5) is 3.34. The van der Waals surface area contributed by atoms with Gasteiger partial charge in [0, 0.05) is 54.1 Å². The molecule has 2 atom stereocenters. The summed E-state index contributed by atoms with van der Waals surface area (Å²) < 4.78 is 37.3. The number of imidazole rings is 1. The smallest absolute Gasteiger partial charge is 0.177 e. The first-order chi connectivity index (χ1) is 14.0. The molecule has 1 aromatic carbocycles. The maximum absolute atomic E-state index is 14.7. The molecule has 5 rings (SSSR count). The van der Waals surface area contributed by atoms with Gasteiger partial charge in [0.15, 0.2) is 4.77 Å². The zero-order valence-corrected chi connectivity index (χ0v) is 17.6. The zero-order chi connectivity index (χ0) is 20.2. The molecule has 1 saturated heterocycles. The highest BCUT2D eigenvalue weighted by Gasteiger charge is 2.64. The Morgan fingerprint density at radius 2 is 2.10 bits per heavy atom. The number of fused-ring (bicyclic) bond motifs is 3. The number of ether oxygens (including phenoxy) is 1. The second kappa shape index (κ2) is 7.45. The summed E-state index contributed by atoms with van der Waals surface area (Å²) in [5, 5.41) is 3.58. The van der Waals surface area contributed by atoms with Crippen molar-refractivity contribution in [3.05, 3.63) is 50.5 Å². The van der Waals surface area contributed by atoms with Crippen LogP contribution in [0.4, 0.5) is 8.78 Å². The minimum Gasteiger partial charge on any atom is -0.381 e. The lowest BCUT2D eigenvalue weighted by Gasteiger charge is -2.23. The van der Waals surface area contributed by atoms with E-state index in [1.54, 1.807) is 0 Å². The molecule has 0 bridgehead atoms. The molecule has 2 aliphatic heterocycles. The van der Waals surface area contributed by atoms with E-state index in [0.29, 0.717) is 17.4 Å². The fourth-order valence-corrected chi connectivity index (χ4v) is 5.65. The van der Waals surface area contributed by atoms with Crippen LogP contribution in [0.3, 0.4) is 0 Å². The molecule has 156 valence electrons. The third-order valence-corrected chi connectivity index (χ3v) is 7.36. The number of nitrogens with one attached hydrogen (secondary N) is 2. The Bertz CT molecular complexity index is 1000. The van der Waals surface area contributed by atoms with Gasteiger partial charge < -0.3 is 19.6 Å². The van der Waals surface area contributed by atoms with E-state index in [2.05, 4.69) is 10.3 Å². The topological polar surface area (TPSA) is 42.0 Å². The normalized spacial score (nSPS) is 25.8. The molecule has 3 heterocycles. The molecular formula is C21H24ClF2N3OS. The minimum absolute atomic E-state index is 0.0254. The third kappa shape index (κ3) is 3.26. The molecule has 2 fully saturated rings. The summed E-state index contributed by atoms with van der Waals surface area (Å²) in [5.74, 6) is -1.05. The standard InChI is InChI=1S/C21H24ClF2N3OS/c22-14-3-4-15(23)17(18(14)24)21-10-13(21)19-16(26-20(29)27(19)11-21)2-1-7-25-12-5-8-28-9-6-12/h3-4,12-13,25H,1-2,5-11H2,(H,26,29)/t13-,21-/m0/s1. The number of nitrogens with zero attached hydrogens (tertiary/aromatic N) is 1. The predicted molar refractivity (Wildman–Crippen MR) is 110 cm³/mol. The van der Waals surface area contributed by atoms with Gasteiger partial charge in [0.05, 0.1) is 5.02 Å². The van der Waals surface area contributed by atoms with Crippen molar-refractivity contribution in [2.75, 3.05) is 19.8 Å². The quantitative estimate of drug-likeness (QED) is 0.392. The van der Waals surface area contributed by atoms with Crippen LogP contribution < -0.4 is 5.32 Å². The third-order valence-electron chi connectivity index (χ3n) is 6.75. The first kappa shape index (κ1) is 19.7. The summed E-state index contributed by atoms with van der Waals surface area (Å²) in [6.07, 6.45) is 4.71. The minimum atomic E-state index is -0.628. The van der Waals surface area contributed by atoms with Gasteiger partial charge in [0.1, 0.15) is 11.6 Å². The van der Waals surface area contributed by atoms with Crippen LogP contribution in [0.1, 0.15) is 48.6 Å². The average molecular weight is 440 g/mol. The van der Waals surface area contributed by atoms with Crippen LogP contribution in [0.5, 0.6) is 0 Å². The fraction of sp³-hybridized carbons (Fsp3) is 0.571. The second-order valence-corrected chi connectivity index (χ2v) is 9.25. The van der Waals surface area contributed by atoms with Gasteiger partial charge in [-0.1, -0.05) is 11.6 Å². The Labute approximate surface area is 178 Å². The first-order valence-corrected chi connectivity index (χ1v) is 11.1. The maximum atomic E-state index is 14.7. The second-order valence-electron chi connectivity index (χ2n) is 8.46. The van der Waals surface area contributed by atoms with Gasteiger partial charge in [0.2, 0.25) is 0 Å². The average Bonchev–Trinajstić information content (AvgIpc) is 3.19. The molecule has 4 nitrogen and oxygen atoms in total. The van der Waals surface area contributed by atoms with Crippen LogP contribution >= 0.6 is 23.8 Å². The molecule has 1 saturated carbocycles. The van der Waals surface area contributed by atoms with Crippen LogP contribution in [0.25, 0.3) is 0 Å². The van der Waals surface area contributed by atoms with E-state index in [1.807, 2.05) is 4.57 Å². The summed E-state index contributed by atoms with van der Waals surface area (Å²) in [5.41, 5.74) is 1.81. The first-order valence-electron chi connectivity index (χ1n) is 10.3. The maximum Gasteiger partial charge on any atom is 0.177 e. The van der Waals surface area contributed by atoms with Gasteiger partial charge in [-0.25, -0.2) is 8.78 Å². The summed E-state index contributed by atoms with van der Waals surface area (Å²) in [6, 6.07) is 3.08. The van der Waals surface area contributed by atoms with Crippen molar-refractivity contribution in [2.45, 2.75) is 56.0 Å². The van der Waals surface area contributed by atoms with Gasteiger partial charge in [-0.2, -0.15) is 0 Å². The van der Waals surface area contributed by atoms with Crippen molar-refractivity contribution < 1.29 is 13.5 Å². The summed E-state index contributed by atoms with van der Waals surface area (Å²) in [6.45, 7) is 3.11. The molecule has 0 spiro atoms. The van der Waals surface area contributed by atoms with Gasteiger partial charge in [-0.15, -0.1) is 0 Å². The molecule has 8 heteroatoms. The number of aromatic amines is 1. The van der Waals surface area contributed by atoms with E-state index >= 15 is 0 Å². The molecule has 2 N–H and O–H groups in total. The van der Waals surface area contributed by atoms with E-state index in [4.69, 9.17) is 28.6 Å². The lowest BCUT2D eigenvalue weighted by Crippen LogP contribution is -2.35. The molecular weight excluding hydrogens is 416 g/mol. The van der Waals surface area contributed by atoms with Gasteiger partial charge in [-0.05, 0) is 63.0 Å². The van der Waals surface area contributed by atoms with Crippen LogP contribution in [-0.2, 0) is 23.1 Å². The van der Waals surface area contributed by atoms with Crippen LogP contribution in [-0.4, -0.2) is 35.4 Å². The Hall–Kier alpha value is -1.28. The van der Waals surface area contributed by atoms with E-state index in [-0.39, 0.29) is 16.5 Å². The number of aromatic nitrogens is 2. The molecule has 0 amide bonds. The molecule has 29 heavy (non-hydrogen) atoms. The largest absolute Gasteiger partial charge is 0.381 e. The zero-order valence-electron chi connectivity index (χ0n) is 16.1. The Morgan fingerprint density at radius 3 is 2.90 bits per heavy atom. The van der Waals surface area contributed by atoms with E-state index in [9.17, 15) is 8.78 Å². The van der Waals surface area contributed by atoms with Crippen LogP contribution in [0.2, 0.25) is 5.02 Å². The fourth-order valence-electron chi connectivity index (χ4n) is 5.21. The number of aryl methyl sites for hydroxylation is 1. The molecule has 3 aliphatic rings. The van der Waals surface area contributed by atoms with Gasteiger partial charge in [-0.3, -0.25) is 0 Å². The van der Waals surface area contributed by atoms with E-state index < -0.39 is 17.0 Å². The number of hydrogen-bond donors (Lipinski definition) is 2. The molecule has 0 unspecified atom stereocenters. The molecule has 0 radical (unpaired) electrons. The molecule has 1 aromatic heterocycles. The number of benzene rings is 1. The van der Waals surface area contributed by atoms with Crippen LogP contribution in [0.15, 0.2) is 12.1 Å². The lowest BCUT2D eigenvalue weighted by atomic mass is 9.92. The SMILES string of the molecule is Fc1ccc(Cl)c(F)c1[C@]12C[C@H]1c1c(CCCNC3CCOCC3)[nH]c(=S)n1C2. The highest BCUT2D eigenvalue weighted by Crippen LogP contribution is 2.67. The predicted octanol–water partition coefficient (Wildman–Crippen LogP) is 4.62. The summed E-state index contributed by atoms with van der Waals surface area (Å²) >= 11 is 11.5. The van der Waals surface area contributed by atoms with Crippen LogP contribution in [0, 0.1) is 16.4 Å². The highest BCUT2D eigenvalue weighted by atomic mass is 35.5. The van der Waals surface area contributed by atoms with Crippen molar-refractivity contribution in [3.63, 3.8) is 0 Å². The monoisotopic (exact) mass is 439 g/mol. The van der Waals surface area contributed by atoms with Crippen molar-refractivity contribution in [1.29, 1.82) is 0 Å². The number of hydrogen-bond acceptors (Lipinski definition) is 3. The highest BCUT2D eigenvalue weighted by molar-refractivity contribution is 7.71. The number of halogens is 3. The number of rotatable bonds is 6. The van der Waals surface area contributed by atoms with Gasteiger partial charge in [0.25, 0.3) is 0 Å². The summed E-state index contributed by atoms with van der Waals surface area (Å²) in [7, 11) is 0. The van der Waals surface area contributed by atoms with Crippen molar-refractivity contribution >= 4 is 23.8 Å². The Morgan fingerprint density at radius 1 is 1.31 bits per heavy atom. The van der Waals surface area contributed by atoms with Crippen molar-refractivity contribution in [2.24, 2.45) is 0 Å². The van der Waals surface area contributed by atoms with E-state index in [0.717, 1.165) is 63.3 Å². The Kier molecular flexibility index (Phi) is 5.05. The molecule has 2 aromatic rings. The van der Waals surface area contributed by atoms with Crippen molar-refractivity contribution in [3.8, 4) is 0 Å². The molecule has 1 aliphatic carbocycles. The van der Waals surface area contributed by atoms with Crippen molar-refractivity contribution in [1.82, 2.24) is 14.9 Å². The Balaban J connectivity index is 1.31. The van der Waals surface area contributed by atoms with E-state index in [1.165, 1.54) is 12.1 Å².